The van der Waals surface area contributed by atoms with E-state index < -0.39 is 47.5 Å². The molecule has 16 heteroatoms. The summed E-state index contributed by atoms with van der Waals surface area (Å²) in [6.07, 6.45) is 8.86. The molecular formula is C52H56O14S2. The van der Waals surface area contributed by atoms with Crippen LogP contribution in [-0.2, 0) is 67.3 Å². The third-order valence-electron chi connectivity index (χ3n) is 10.6. The fraction of sp³-hybridized carbons (Fsp3) is 0.346. The van der Waals surface area contributed by atoms with Gasteiger partial charge < -0.3 is 37.9 Å². The molecule has 0 saturated carbocycles. The second-order valence-electron chi connectivity index (χ2n) is 15.2. The predicted octanol–water partition coefficient (Wildman–Crippen LogP) is 7.68. The summed E-state index contributed by atoms with van der Waals surface area (Å²) in [6.45, 7) is 11.6. The van der Waals surface area contributed by atoms with Crippen LogP contribution < -0.4 is 4.74 Å². The van der Waals surface area contributed by atoms with Gasteiger partial charge in [-0.3, -0.25) is 14.4 Å². The molecule has 0 radical (unpaired) electrons. The summed E-state index contributed by atoms with van der Waals surface area (Å²) < 4.78 is 43.2. The fourth-order valence-corrected chi connectivity index (χ4v) is 9.46. The summed E-state index contributed by atoms with van der Waals surface area (Å²) in [5.41, 5.74) is 5.28. The molecular weight excluding hydrogens is 913 g/mol. The third kappa shape index (κ3) is 15.3. The highest BCUT2D eigenvalue weighted by Gasteiger charge is 2.49. The zero-order valence-electron chi connectivity index (χ0n) is 38.0. The molecule has 0 amide bonds. The predicted molar refractivity (Wildman–Crippen MR) is 259 cm³/mol. The van der Waals surface area contributed by atoms with Crippen LogP contribution in [0.2, 0.25) is 0 Å². The number of thioether (sulfide) groups is 2. The SMILES string of the molecule is C=CC(=O)OCC(CSCCC(=O)OCCOc1ccc(C2(C3C=CC(OCCOC(=O)CCSCC(COC(C)=O)OC(=O)C=C)=CC3)c3ccccc3-c3ccccc32)cc1)OC(=O)C=C. The van der Waals surface area contributed by atoms with Crippen LogP contribution in [0.4, 0.5) is 0 Å². The zero-order valence-corrected chi connectivity index (χ0v) is 39.6. The van der Waals surface area contributed by atoms with Crippen LogP contribution in [0.25, 0.3) is 11.1 Å². The van der Waals surface area contributed by atoms with Gasteiger partial charge in [-0.1, -0.05) is 86.5 Å². The molecule has 2 aliphatic rings. The molecule has 5 rings (SSSR count). The molecule has 3 unspecified atom stereocenters. The van der Waals surface area contributed by atoms with Crippen molar-refractivity contribution in [3.05, 3.63) is 151 Å². The van der Waals surface area contributed by atoms with E-state index in [1.54, 1.807) is 0 Å². The molecule has 0 spiro atoms. The highest BCUT2D eigenvalue weighted by Crippen LogP contribution is 2.58. The van der Waals surface area contributed by atoms with Crippen molar-refractivity contribution in [1.82, 2.24) is 0 Å². The van der Waals surface area contributed by atoms with Gasteiger partial charge in [0.05, 0.1) is 18.3 Å². The Labute approximate surface area is 405 Å². The number of carbonyl (C=O) groups excluding carboxylic acids is 6. The van der Waals surface area contributed by atoms with Crippen molar-refractivity contribution in [2.24, 2.45) is 5.92 Å². The maximum Gasteiger partial charge on any atom is 0.330 e. The number of rotatable bonds is 29. The molecule has 3 atom stereocenters. The molecule has 360 valence electrons. The maximum atomic E-state index is 12.5. The minimum atomic E-state index is -0.711. The lowest BCUT2D eigenvalue weighted by atomic mass is 9.62. The highest BCUT2D eigenvalue weighted by atomic mass is 32.2. The van der Waals surface area contributed by atoms with Crippen molar-refractivity contribution in [3.8, 4) is 16.9 Å². The summed E-state index contributed by atoms with van der Waals surface area (Å²) in [6, 6.07) is 25.0. The van der Waals surface area contributed by atoms with E-state index >= 15 is 0 Å². The number of esters is 6. The fourth-order valence-electron chi connectivity index (χ4n) is 7.65. The minimum absolute atomic E-state index is 0.0103. The minimum Gasteiger partial charge on any atom is -0.490 e. The summed E-state index contributed by atoms with van der Waals surface area (Å²) in [5, 5.41) is 0. The van der Waals surface area contributed by atoms with Gasteiger partial charge in [0.1, 0.15) is 63.4 Å². The van der Waals surface area contributed by atoms with Crippen molar-refractivity contribution < 1.29 is 66.7 Å². The van der Waals surface area contributed by atoms with E-state index in [2.05, 4.69) is 92.6 Å². The first kappa shape index (κ1) is 52.4. The molecule has 0 bridgehead atoms. The molecule has 3 aromatic carbocycles. The van der Waals surface area contributed by atoms with Crippen molar-refractivity contribution >= 4 is 59.3 Å². The van der Waals surface area contributed by atoms with Gasteiger partial charge in [0.25, 0.3) is 0 Å². The number of ether oxygens (including phenoxy) is 8. The first-order valence-electron chi connectivity index (χ1n) is 22.0. The van der Waals surface area contributed by atoms with E-state index in [9.17, 15) is 28.8 Å². The average Bonchev–Trinajstić information content (AvgIpc) is 3.66. The molecule has 0 N–H and O–H groups in total. The van der Waals surface area contributed by atoms with E-state index in [1.807, 2.05) is 18.2 Å². The van der Waals surface area contributed by atoms with Crippen LogP contribution in [0.15, 0.2) is 135 Å². The monoisotopic (exact) mass is 968 g/mol. The van der Waals surface area contributed by atoms with E-state index in [0.717, 1.165) is 23.8 Å². The Kier molecular flexibility index (Phi) is 21.1. The summed E-state index contributed by atoms with van der Waals surface area (Å²) in [7, 11) is 0. The highest BCUT2D eigenvalue weighted by molar-refractivity contribution is 7.99. The summed E-state index contributed by atoms with van der Waals surface area (Å²) >= 11 is 2.73. The Morgan fingerprint density at radius 3 is 1.66 bits per heavy atom. The van der Waals surface area contributed by atoms with Crippen LogP contribution in [0.3, 0.4) is 0 Å². The van der Waals surface area contributed by atoms with Crippen LogP contribution in [0.5, 0.6) is 5.75 Å². The van der Waals surface area contributed by atoms with Gasteiger partial charge >= 0.3 is 35.8 Å². The maximum absolute atomic E-state index is 12.5. The zero-order chi connectivity index (χ0) is 48.7. The number of benzene rings is 3. The molecule has 14 nitrogen and oxygen atoms in total. The Morgan fingerprint density at radius 2 is 1.16 bits per heavy atom. The lowest BCUT2D eigenvalue weighted by Crippen LogP contribution is -2.35. The molecule has 0 aliphatic heterocycles. The quantitative estimate of drug-likeness (QED) is 0.0286. The number of hydrogen-bond acceptors (Lipinski definition) is 16. The summed E-state index contributed by atoms with van der Waals surface area (Å²) in [5.74, 6) is -0.416. The Morgan fingerprint density at radius 1 is 0.647 bits per heavy atom. The average molecular weight is 969 g/mol. The molecule has 3 aromatic rings. The lowest BCUT2D eigenvalue weighted by Gasteiger charge is -2.40. The van der Waals surface area contributed by atoms with Crippen LogP contribution >= 0.6 is 23.5 Å². The Balaban J connectivity index is 1.11. The number of fused-ring (bicyclic) bond motifs is 3. The second kappa shape index (κ2) is 27.3. The molecule has 0 saturated heterocycles. The number of hydrogen-bond donors (Lipinski definition) is 0. The van der Waals surface area contributed by atoms with Crippen molar-refractivity contribution in [2.75, 3.05) is 62.7 Å². The largest absolute Gasteiger partial charge is 0.490 e. The number of carbonyl (C=O) groups is 6. The van der Waals surface area contributed by atoms with E-state index in [4.69, 9.17) is 37.9 Å². The van der Waals surface area contributed by atoms with E-state index in [1.165, 1.54) is 52.7 Å². The van der Waals surface area contributed by atoms with Gasteiger partial charge in [-0.05, 0) is 64.4 Å². The van der Waals surface area contributed by atoms with Crippen LogP contribution in [-0.4, -0.2) is 111 Å². The number of allylic oxidation sites excluding steroid dienone is 3. The van der Waals surface area contributed by atoms with Gasteiger partial charge in [-0.25, -0.2) is 14.4 Å². The van der Waals surface area contributed by atoms with Crippen molar-refractivity contribution in [2.45, 2.75) is 43.8 Å². The first-order chi connectivity index (χ1) is 33.0. The van der Waals surface area contributed by atoms with Gasteiger partial charge in [0, 0.05) is 48.2 Å². The smallest absolute Gasteiger partial charge is 0.330 e. The molecule has 0 heterocycles. The van der Waals surface area contributed by atoms with E-state index in [-0.39, 0.29) is 64.4 Å². The molecule has 2 aliphatic carbocycles. The molecule has 68 heavy (non-hydrogen) atoms. The van der Waals surface area contributed by atoms with Gasteiger partial charge in [-0.15, -0.1) is 0 Å². The summed E-state index contributed by atoms with van der Waals surface area (Å²) in [4.78, 5) is 70.8. The molecule has 0 fully saturated rings. The van der Waals surface area contributed by atoms with Crippen molar-refractivity contribution in [1.29, 1.82) is 0 Å². The van der Waals surface area contributed by atoms with Crippen LogP contribution in [0, 0.1) is 5.92 Å². The standard InChI is InChI=1S/C52H56O14S2/c1-5-47(54)64-33-42(66-49(56)7-3)35-68-31-25-51(58)62-29-27-60-40-22-18-38(19-23-40)52(45-14-10-8-12-43(45)44-13-9-11-15-46(44)52)37-16-20-39(21-17-37)59-26-28-61-50(57)24-30-67-34-41(32-63-36(4)53)65-48(55)6-2/h5-16,18-23,37,41-42H,1-3,17,24-35H2,4H3. The first-order valence-corrected chi connectivity index (χ1v) is 24.3. The Hall–Kier alpha value is -6.52. The Bertz CT molecular complexity index is 2270. The normalized spacial score (nSPS) is 14.8. The van der Waals surface area contributed by atoms with Gasteiger partial charge in [0.2, 0.25) is 0 Å². The van der Waals surface area contributed by atoms with Gasteiger partial charge in [-0.2, -0.15) is 23.5 Å². The van der Waals surface area contributed by atoms with Gasteiger partial charge in [0.15, 0.2) is 0 Å². The lowest BCUT2D eigenvalue weighted by molar-refractivity contribution is -0.152. The third-order valence-corrected chi connectivity index (χ3v) is 12.8. The molecule has 0 aromatic heterocycles. The van der Waals surface area contributed by atoms with Crippen LogP contribution in [0.1, 0.15) is 42.9 Å². The second-order valence-corrected chi connectivity index (χ2v) is 17.5. The van der Waals surface area contributed by atoms with Crippen molar-refractivity contribution in [3.63, 3.8) is 0 Å². The topological polar surface area (TPSA) is 176 Å². The van der Waals surface area contributed by atoms with E-state index in [0.29, 0.717) is 40.9 Å².